The summed E-state index contributed by atoms with van der Waals surface area (Å²) in [6, 6.07) is 7.75. The number of nitrogens with one attached hydrogen (secondary N) is 1. The highest BCUT2D eigenvalue weighted by atomic mass is 32.2. The fourth-order valence-electron chi connectivity index (χ4n) is 2.93. The first-order valence-corrected chi connectivity index (χ1v) is 11.1. The Morgan fingerprint density at radius 2 is 1.89 bits per heavy atom. The molecule has 1 atom stereocenters. The Morgan fingerprint density at radius 1 is 1.18 bits per heavy atom. The summed E-state index contributed by atoms with van der Waals surface area (Å²) in [7, 11) is -4.24. The smallest absolute Gasteiger partial charge is 0.468 e. The third-order valence-corrected chi connectivity index (χ3v) is 6.59. The van der Waals surface area contributed by atoms with Crippen molar-refractivity contribution in [2.75, 3.05) is 31.1 Å². The molecular formula is C17H19F3N2O4S2. The maximum atomic E-state index is 12.7. The third kappa shape index (κ3) is 5.43. The molecule has 1 saturated heterocycles. The SMILES string of the molecule is O=S(=O)(NC[C@@H](c1ccco1)N1CCSCC1)c1ccccc1OC(F)(F)F. The normalized spacial score (nSPS) is 17.4. The minimum Gasteiger partial charge on any atom is -0.468 e. The monoisotopic (exact) mass is 436 g/mol. The molecular weight excluding hydrogens is 417 g/mol. The predicted molar refractivity (Wildman–Crippen MR) is 98.7 cm³/mol. The van der Waals surface area contributed by atoms with Crippen LogP contribution >= 0.6 is 11.8 Å². The van der Waals surface area contributed by atoms with Gasteiger partial charge in [0.25, 0.3) is 0 Å². The Labute approximate surface area is 165 Å². The van der Waals surface area contributed by atoms with Crippen LogP contribution in [0.2, 0.25) is 0 Å². The predicted octanol–water partition coefficient (Wildman–Crippen LogP) is 3.25. The molecule has 1 N–H and O–H groups in total. The van der Waals surface area contributed by atoms with Crippen LogP contribution < -0.4 is 9.46 Å². The highest BCUT2D eigenvalue weighted by Crippen LogP contribution is 2.30. The number of benzene rings is 1. The van der Waals surface area contributed by atoms with Crippen LogP contribution in [0.4, 0.5) is 13.2 Å². The Kier molecular flexibility index (Phi) is 6.58. The van der Waals surface area contributed by atoms with Crippen molar-refractivity contribution in [1.29, 1.82) is 0 Å². The number of hydrogen-bond acceptors (Lipinski definition) is 6. The number of thioether (sulfide) groups is 1. The molecule has 0 radical (unpaired) electrons. The lowest BCUT2D eigenvalue weighted by Gasteiger charge is -2.33. The number of sulfonamides is 1. The van der Waals surface area contributed by atoms with Gasteiger partial charge in [-0.15, -0.1) is 13.2 Å². The summed E-state index contributed by atoms with van der Waals surface area (Å²) in [5.41, 5.74) is 0. The largest absolute Gasteiger partial charge is 0.573 e. The number of para-hydroxylation sites is 1. The summed E-state index contributed by atoms with van der Waals surface area (Å²) in [4.78, 5) is 1.52. The zero-order valence-electron chi connectivity index (χ0n) is 14.7. The van der Waals surface area contributed by atoms with Crippen molar-refractivity contribution in [2.45, 2.75) is 17.3 Å². The number of rotatable bonds is 7. The number of ether oxygens (including phenoxy) is 1. The molecule has 0 saturated carbocycles. The quantitative estimate of drug-likeness (QED) is 0.719. The van der Waals surface area contributed by atoms with Crippen LogP contribution in [0.25, 0.3) is 0 Å². The molecule has 2 heterocycles. The van der Waals surface area contributed by atoms with Crippen LogP contribution in [-0.2, 0) is 10.0 Å². The lowest BCUT2D eigenvalue weighted by molar-refractivity contribution is -0.275. The average Bonchev–Trinajstić information content (AvgIpc) is 3.16. The van der Waals surface area contributed by atoms with E-state index >= 15 is 0 Å². The molecule has 6 nitrogen and oxygen atoms in total. The van der Waals surface area contributed by atoms with Crippen molar-refractivity contribution >= 4 is 21.8 Å². The molecule has 2 aromatic rings. The van der Waals surface area contributed by atoms with Crippen LogP contribution in [0.1, 0.15) is 11.8 Å². The van der Waals surface area contributed by atoms with Crippen LogP contribution in [-0.4, -0.2) is 50.8 Å². The molecule has 11 heteroatoms. The fraction of sp³-hybridized carbons (Fsp3) is 0.412. The van der Waals surface area contributed by atoms with E-state index in [1.54, 1.807) is 12.1 Å². The highest BCUT2D eigenvalue weighted by Gasteiger charge is 2.34. The zero-order valence-corrected chi connectivity index (χ0v) is 16.3. The van der Waals surface area contributed by atoms with Crippen molar-refractivity contribution in [3.8, 4) is 5.75 Å². The highest BCUT2D eigenvalue weighted by molar-refractivity contribution is 7.99. The minimum atomic E-state index is -4.99. The van der Waals surface area contributed by atoms with E-state index in [2.05, 4.69) is 14.4 Å². The number of furan rings is 1. The molecule has 0 spiro atoms. The van der Waals surface area contributed by atoms with Gasteiger partial charge in [-0.2, -0.15) is 11.8 Å². The van der Waals surface area contributed by atoms with E-state index in [-0.39, 0.29) is 12.6 Å². The molecule has 1 aliphatic heterocycles. The minimum absolute atomic E-state index is 0.0408. The molecule has 0 unspecified atom stereocenters. The number of hydrogen-bond donors (Lipinski definition) is 1. The van der Waals surface area contributed by atoms with Crippen LogP contribution in [0.15, 0.2) is 52.0 Å². The zero-order chi connectivity index (χ0) is 20.2. The van der Waals surface area contributed by atoms with Gasteiger partial charge in [0.05, 0.1) is 12.3 Å². The van der Waals surface area contributed by atoms with E-state index in [0.29, 0.717) is 5.76 Å². The molecule has 0 amide bonds. The van der Waals surface area contributed by atoms with Crippen LogP contribution in [0.5, 0.6) is 5.75 Å². The molecule has 1 fully saturated rings. The lowest BCUT2D eigenvalue weighted by Crippen LogP contribution is -2.42. The fourth-order valence-corrected chi connectivity index (χ4v) is 5.02. The van der Waals surface area contributed by atoms with Crippen molar-refractivity contribution < 1.29 is 30.7 Å². The Morgan fingerprint density at radius 3 is 2.54 bits per heavy atom. The molecule has 0 aliphatic carbocycles. The number of nitrogens with zero attached hydrogens (tertiary/aromatic N) is 1. The van der Waals surface area contributed by atoms with E-state index in [0.717, 1.165) is 36.7 Å². The lowest BCUT2D eigenvalue weighted by atomic mass is 10.2. The molecule has 0 bridgehead atoms. The second-order valence-corrected chi connectivity index (χ2v) is 8.99. The first kappa shape index (κ1) is 21.0. The maximum absolute atomic E-state index is 12.7. The van der Waals surface area contributed by atoms with Gasteiger partial charge in [-0.1, -0.05) is 12.1 Å². The van der Waals surface area contributed by atoms with E-state index in [4.69, 9.17) is 4.42 Å². The molecule has 154 valence electrons. The van der Waals surface area contributed by atoms with Gasteiger partial charge >= 0.3 is 6.36 Å². The summed E-state index contributed by atoms with van der Waals surface area (Å²) in [5.74, 6) is 1.64. The molecule has 1 aromatic heterocycles. The molecule has 1 aliphatic rings. The standard InChI is InChI=1S/C17H19F3N2O4S2/c18-17(19,20)26-15-4-1-2-6-16(15)28(23,24)21-12-13(14-5-3-9-25-14)22-7-10-27-11-8-22/h1-6,9,13,21H,7-8,10-12H2/t13-/m0/s1. The summed E-state index contributed by atoms with van der Waals surface area (Å²) < 4.78 is 74.9. The van der Waals surface area contributed by atoms with E-state index < -0.39 is 27.0 Å². The Bertz CT molecular complexity index is 867. The maximum Gasteiger partial charge on any atom is 0.573 e. The average molecular weight is 436 g/mol. The summed E-state index contributed by atoms with van der Waals surface area (Å²) in [6.45, 7) is 1.47. The van der Waals surface area contributed by atoms with Crippen molar-refractivity contribution in [3.05, 3.63) is 48.4 Å². The number of halogens is 3. The third-order valence-electron chi connectivity index (χ3n) is 4.19. The Hall–Kier alpha value is -1.69. The second kappa shape index (κ2) is 8.76. The Balaban J connectivity index is 1.79. The topological polar surface area (TPSA) is 71.8 Å². The van der Waals surface area contributed by atoms with E-state index in [1.165, 1.54) is 18.4 Å². The van der Waals surface area contributed by atoms with Crippen molar-refractivity contribution in [3.63, 3.8) is 0 Å². The summed E-state index contributed by atoms with van der Waals surface area (Å²) in [6.07, 6.45) is -3.49. The second-order valence-electron chi connectivity index (χ2n) is 6.03. The van der Waals surface area contributed by atoms with Gasteiger partial charge in [-0.3, -0.25) is 4.90 Å². The van der Waals surface area contributed by atoms with E-state index in [1.807, 2.05) is 11.8 Å². The molecule has 3 rings (SSSR count). The van der Waals surface area contributed by atoms with E-state index in [9.17, 15) is 21.6 Å². The van der Waals surface area contributed by atoms with Gasteiger partial charge < -0.3 is 9.15 Å². The van der Waals surface area contributed by atoms with Crippen molar-refractivity contribution in [1.82, 2.24) is 9.62 Å². The summed E-state index contributed by atoms with van der Waals surface area (Å²) >= 11 is 1.81. The molecule has 1 aromatic carbocycles. The van der Waals surface area contributed by atoms with Crippen LogP contribution in [0.3, 0.4) is 0 Å². The van der Waals surface area contributed by atoms with Crippen molar-refractivity contribution in [2.24, 2.45) is 0 Å². The van der Waals surface area contributed by atoms with Gasteiger partial charge in [-0.05, 0) is 24.3 Å². The van der Waals surface area contributed by atoms with Gasteiger partial charge in [0.2, 0.25) is 10.0 Å². The van der Waals surface area contributed by atoms with Gasteiger partial charge in [0, 0.05) is 31.1 Å². The molecule has 28 heavy (non-hydrogen) atoms. The number of alkyl halides is 3. The van der Waals surface area contributed by atoms with Gasteiger partial charge in [-0.25, -0.2) is 13.1 Å². The van der Waals surface area contributed by atoms with Gasteiger partial charge in [0.15, 0.2) is 0 Å². The van der Waals surface area contributed by atoms with Gasteiger partial charge in [0.1, 0.15) is 16.4 Å². The van der Waals surface area contributed by atoms with Crippen LogP contribution in [0, 0.1) is 0 Å². The first-order chi connectivity index (χ1) is 13.3. The summed E-state index contributed by atoms with van der Waals surface area (Å²) in [5, 5.41) is 0. The first-order valence-electron chi connectivity index (χ1n) is 8.46.